The first-order valence-corrected chi connectivity index (χ1v) is 9.56. The summed E-state index contributed by atoms with van der Waals surface area (Å²) in [4.78, 5) is 17.4. The number of carbonyl (C=O) groups excluding carboxylic acids is 1. The Morgan fingerprint density at radius 1 is 1.25 bits per heavy atom. The van der Waals surface area contributed by atoms with Crippen molar-refractivity contribution in [2.45, 2.75) is 52.7 Å². The van der Waals surface area contributed by atoms with Crippen LogP contribution in [0.2, 0.25) is 0 Å². The highest BCUT2D eigenvalue weighted by Crippen LogP contribution is 2.46. The molecule has 0 radical (unpaired) electrons. The van der Waals surface area contributed by atoms with Crippen LogP contribution in [0.5, 0.6) is 11.5 Å². The van der Waals surface area contributed by atoms with Crippen LogP contribution in [0.15, 0.2) is 35.8 Å². The van der Waals surface area contributed by atoms with Crippen LogP contribution in [0, 0.1) is 5.41 Å². The highest BCUT2D eigenvalue weighted by molar-refractivity contribution is 6.00. The number of hydrogen-bond donors (Lipinski definition) is 1. The Morgan fingerprint density at radius 3 is 2.75 bits per heavy atom. The Balaban J connectivity index is 1.84. The summed E-state index contributed by atoms with van der Waals surface area (Å²) >= 11 is 0. The summed E-state index contributed by atoms with van der Waals surface area (Å²) in [5, 5.41) is 7.71. The van der Waals surface area contributed by atoms with Gasteiger partial charge < -0.3 is 14.8 Å². The molecule has 1 aromatic carbocycles. The van der Waals surface area contributed by atoms with Crippen molar-refractivity contribution >= 4 is 11.7 Å². The fourth-order valence-electron chi connectivity index (χ4n) is 4.06. The first-order valence-electron chi connectivity index (χ1n) is 9.56. The summed E-state index contributed by atoms with van der Waals surface area (Å²) in [5.74, 6) is 2.11. The molecule has 28 heavy (non-hydrogen) atoms. The van der Waals surface area contributed by atoms with Crippen molar-refractivity contribution in [1.29, 1.82) is 0 Å². The maximum absolute atomic E-state index is 13.1. The van der Waals surface area contributed by atoms with Gasteiger partial charge in [0, 0.05) is 17.7 Å². The smallest absolute Gasteiger partial charge is 0.226 e. The van der Waals surface area contributed by atoms with Crippen LogP contribution in [0.1, 0.15) is 52.1 Å². The van der Waals surface area contributed by atoms with Crippen LogP contribution in [0.3, 0.4) is 0 Å². The molecule has 0 fully saturated rings. The maximum Gasteiger partial charge on any atom is 0.226 e. The first kappa shape index (κ1) is 18.5. The van der Waals surface area contributed by atoms with Crippen molar-refractivity contribution in [2.75, 3.05) is 12.4 Å². The van der Waals surface area contributed by atoms with Crippen LogP contribution in [0.4, 0.5) is 5.95 Å². The number of anilines is 1. The van der Waals surface area contributed by atoms with Crippen LogP contribution in [0.25, 0.3) is 0 Å². The monoisotopic (exact) mass is 382 g/mol. The third-order valence-electron chi connectivity index (χ3n) is 5.14. The predicted octanol–water partition coefficient (Wildman–Crippen LogP) is 3.73. The number of nitrogens with zero attached hydrogens (tertiary/aromatic N) is 3. The van der Waals surface area contributed by atoms with Gasteiger partial charge in [-0.2, -0.15) is 10.1 Å². The Hall–Kier alpha value is -2.83. The van der Waals surface area contributed by atoms with Crippen LogP contribution in [-0.2, 0) is 4.79 Å². The number of carbonyl (C=O) groups is 1. The van der Waals surface area contributed by atoms with E-state index in [-0.39, 0.29) is 23.3 Å². The molecule has 2 aromatic rings. The number of fused-ring (bicyclic) bond motifs is 1. The molecule has 0 amide bonds. The van der Waals surface area contributed by atoms with E-state index >= 15 is 0 Å². The molecule has 0 saturated carbocycles. The summed E-state index contributed by atoms with van der Waals surface area (Å²) in [6.07, 6.45) is 2.86. The van der Waals surface area contributed by atoms with Gasteiger partial charge in [0.1, 0.15) is 12.4 Å². The lowest BCUT2D eigenvalue weighted by atomic mass is 9.73. The zero-order chi connectivity index (χ0) is 20.1. The average Bonchev–Trinajstić information content (AvgIpc) is 3.07. The van der Waals surface area contributed by atoms with Crippen molar-refractivity contribution < 1.29 is 14.3 Å². The zero-order valence-corrected chi connectivity index (χ0v) is 16.9. The number of nitrogens with one attached hydrogen (secondary N) is 1. The van der Waals surface area contributed by atoms with Gasteiger partial charge >= 0.3 is 0 Å². The number of allylic oxidation sites excluding steroid dienone is 2. The predicted molar refractivity (Wildman–Crippen MR) is 106 cm³/mol. The standard InChI is InChI=1S/C21H26N4O3/c1-12(2)28-16-7-6-13(8-17(16)27-5)19-18-14(9-21(3,4)10-15(18)26)24-20-22-11-23-25(19)20/h6-8,11-12,19H,9-10H2,1-5H3,(H,22,23,24)/t19-/m1/s1. The fraction of sp³-hybridized carbons (Fsp3) is 0.476. The Kier molecular flexibility index (Phi) is 4.40. The Labute approximate surface area is 164 Å². The summed E-state index contributed by atoms with van der Waals surface area (Å²) in [6, 6.07) is 5.46. The molecule has 1 aliphatic heterocycles. The SMILES string of the molecule is COc1cc([C@@H]2C3=C(CC(C)(C)CC3=O)Nc3ncnn32)ccc1OC(C)C. The average molecular weight is 382 g/mol. The second-order valence-electron chi connectivity index (χ2n) is 8.47. The first-order chi connectivity index (χ1) is 13.3. The molecule has 0 spiro atoms. The van der Waals surface area contributed by atoms with Crippen molar-refractivity contribution in [2.24, 2.45) is 5.41 Å². The number of aromatic nitrogens is 3. The van der Waals surface area contributed by atoms with Gasteiger partial charge in [-0.1, -0.05) is 19.9 Å². The van der Waals surface area contributed by atoms with E-state index in [1.54, 1.807) is 11.8 Å². The van der Waals surface area contributed by atoms with Gasteiger partial charge in [0.25, 0.3) is 0 Å². The maximum atomic E-state index is 13.1. The quantitative estimate of drug-likeness (QED) is 0.868. The van der Waals surface area contributed by atoms with E-state index in [0.717, 1.165) is 23.3 Å². The molecular formula is C21H26N4O3. The molecule has 1 aromatic heterocycles. The molecule has 0 unspecified atom stereocenters. The molecule has 0 saturated heterocycles. The van der Waals surface area contributed by atoms with Gasteiger partial charge in [-0.25, -0.2) is 4.68 Å². The molecule has 7 nitrogen and oxygen atoms in total. The molecule has 148 valence electrons. The highest BCUT2D eigenvalue weighted by atomic mass is 16.5. The lowest BCUT2D eigenvalue weighted by Crippen LogP contribution is -2.36. The van der Waals surface area contributed by atoms with Gasteiger partial charge in [-0.05, 0) is 43.4 Å². The number of rotatable bonds is 4. The van der Waals surface area contributed by atoms with E-state index in [1.165, 1.54) is 6.33 Å². The summed E-state index contributed by atoms with van der Waals surface area (Å²) in [7, 11) is 1.62. The second-order valence-corrected chi connectivity index (χ2v) is 8.47. The van der Waals surface area contributed by atoms with Gasteiger partial charge in [0.05, 0.1) is 13.2 Å². The van der Waals surface area contributed by atoms with E-state index in [4.69, 9.17) is 9.47 Å². The van der Waals surface area contributed by atoms with E-state index < -0.39 is 0 Å². The van der Waals surface area contributed by atoms with E-state index in [0.29, 0.717) is 23.9 Å². The normalized spacial score (nSPS) is 20.5. The summed E-state index contributed by atoms with van der Waals surface area (Å²) in [6.45, 7) is 8.18. The van der Waals surface area contributed by atoms with E-state index in [9.17, 15) is 4.79 Å². The number of ether oxygens (including phenoxy) is 2. The molecule has 1 aliphatic carbocycles. The number of methoxy groups -OCH3 is 1. The molecule has 7 heteroatoms. The minimum Gasteiger partial charge on any atom is -0.493 e. The van der Waals surface area contributed by atoms with Crippen molar-refractivity contribution in [3.05, 3.63) is 41.4 Å². The van der Waals surface area contributed by atoms with Crippen LogP contribution in [-0.4, -0.2) is 33.8 Å². The zero-order valence-electron chi connectivity index (χ0n) is 16.9. The van der Waals surface area contributed by atoms with Crippen LogP contribution >= 0.6 is 0 Å². The molecule has 2 heterocycles. The minimum absolute atomic E-state index is 0.0389. The number of benzene rings is 1. The molecule has 1 N–H and O–H groups in total. The molecule has 2 aliphatic rings. The van der Waals surface area contributed by atoms with E-state index in [2.05, 4.69) is 29.2 Å². The van der Waals surface area contributed by atoms with Crippen LogP contribution < -0.4 is 14.8 Å². The third kappa shape index (κ3) is 3.15. The molecule has 4 rings (SSSR count). The second kappa shape index (κ2) is 6.65. The topological polar surface area (TPSA) is 78.3 Å². The lowest BCUT2D eigenvalue weighted by molar-refractivity contribution is -0.118. The molecule has 0 bridgehead atoms. The fourth-order valence-corrected chi connectivity index (χ4v) is 4.06. The third-order valence-corrected chi connectivity index (χ3v) is 5.14. The van der Waals surface area contributed by atoms with Gasteiger partial charge in [-0.3, -0.25) is 4.79 Å². The number of ketones is 1. The highest BCUT2D eigenvalue weighted by Gasteiger charge is 2.41. The van der Waals surface area contributed by atoms with Gasteiger partial charge in [0.15, 0.2) is 17.3 Å². The van der Waals surface area contributed by atoms with E-state index in [1.807, 2.05) is 32.0 Å². The Morgan fingerprint density at radius 2 is 2.04 bits per heavy atom. The summed E-state index contributed by atoms with van der Waals surface area (Å²) < 4.78 is 13.2. The van der Waals surface area contributed by atoms with Gasteiger partial charge in [0.2, 0.25) is 5.95 Å². The number of Topliss-reactive ketones (excluding diaryl/α,β-unsaturated/α-hetero) is 1. The van der Waals surface area contributed by atoms with Crippen molar-refractivity contribution in [3.63, 3.8) is 0 Å². The Bertz CT molecular complexity index is 958. The lowest BCUT2D eigenvalue weighted by Gasteiger charge is -2.38. The summed E-state index contributed by atoms with van der Waals surface area (Å²) in [5.41, 5.74) is 2.54. The molecule has 1 atom stereocenters. The van der Waals surface area contributed by atoms with Crippen molar-refractivity contribution in [3.8, 4) is 11.5 Å². The van der Waals surface area contributed by atoms with Gasteiger partial charge in [-0.15, -0.1) is 0 Å². The minimum atomic E-state index is -0.334. The van der Waals surface area contributed by atoms with Crippen molar-refractivity contribution in [1.82, 2.24) is 14.8 Å². The molecular weight excluding hydrogens is 356 g/mol. The number of hydrogen-bond acceptors (Lipinski definition) is 6. The largest absolute Gasteiger partial charge is 0.493 e.